The Kier molecular flexibility index (Phi) is 4.69. The molecular formula is C17H14ClN3OS. The normalized spacial score (nSPS) is 10.5. The molecule has 0 aliphatic carbocycles. The summed E-state index contributed by atoms with van der Waals surface area (Å²) in [5, 5.41) is 1.36. The van der Waals surface area contributed by atoms with Gasteiger partial charge in [0.05, 0.1) is 19.0 Å². The van der Waals surface area contributed by atoms with Gasteiger partial charge >= 0.3 is 0 Å². The summed E-state index contributed by atoms with van der Waals surface area (Å²) in [5.74, 6) is 1.20. The van der Waals surface area contributed by atoms with Crippen molar-refractivity contribution in [2.24, 2.45) is 0 Å². The maximum absolute atomic E-state index is 5.95. The average molecular weight is 344 g/mol. The zero-order valence-corrected chi connectivity index (χ0v) is 13.9. The molecular weight excluding hydrogens is 330 g/mol. The first kappa shape index (κ1) is 15.6. The lowest BCUT2D eigenvalue weighted by Gasteiger charge is -2.07. The van der Waals surface area contributed by atoms with Crippen molar-refractivity contribution < 1.29 is 4.74 Å². The van der Waals surface area contributed by atoms with Gasteiger partial charge in [-0.1, -0.05) is 23.4 Å². The molecule has 0 aliphatic rings. The van der Waals surface area contributed by atoms with Gasteiger partial charge in [-0.05, 0) is 48.5 Å². The second-order valence-electron chi connectivity index (χ2n) is 4.73. The van der Waals surface area contributed by atoms with Crippen LogP contribution in [0.3, 0.4) is 0 Å². The number of hydrogen-bond donors (Lipinski definition) is 1. The molecule has 0 saturated heterocycles. The molecule has 0 atom stereocenters. The molecule has 6 heteroatoms. The van der Waals surface area contributed by atoms with Gasteiger partial charge < -0.3 is 10.5 Å². The highest BCUT2D eigenvalue weighted by Gasteiger charge is 2.09. The first-order chi connectivity index (χ1) is 11.2. The molecule has 0 saturated carbocycles. The van der Waals surface area contributed by atoms with E-state index in [4.69, 9.17) is 22.1 Å². The number of aromatic nitrogens is 2. The molecule has 116 valence electrons. The van der Waals surface area contributed by atoms with E-state index in [1.807, 2.05) is 48.5 Å². The molecule has 0 spiro atoms. The Labute approximate surface area is 143 Å². The van der Waals surface area contributed by atoms with E-state index in [0.717, 1.165) is 21.9 Å². The number of rotatable bonds is 4. The van der Waals surface area contributed by atoms with Gasteiger partial charge in [-0.25, -0.2) is 9.97 Å². The summed E-state index contributed by atoms with van der Waals surface area (Å²) in [7, 11) is 1.64. The van der Waals surface area contributed by atoms with Gasteiger partial charge in [0.1, 0.15) is 10.8 Å². The summed E-state index contributed by atoms with van der Waals surface area (Å²) in [6.07, 6.45) is 1.67. The van der Waals surface area contributed by atoms with Gasteiger partial charge in [-0.3, -0.25) is 0 Å². The molecule has 0 fully saturated rings. The number of methoxy groups -OCH3 is 1. The molecule has 0 unspecified atom stereocenters. The smallest absolute Gasteiger partial charge is 0.156 e. The molecule has 4 nitrogen and oxygen atoms in total. The van der Waals surface area contributed by atoms with Crippen LogP contribution in [0.25, 0.3) is 11.3 Å². The van der Waals surface area contributed by atoms with Crippen LogP contribution in [0, 0.1) is 0 Å². The van der Waals surface area contributed by atoms with Gasteiger partial charge in [-0.15, -0.1) is 0 Å². The van der Waals surface area contributed by atoms with Crippen LogP contribution in [0.4, 0.5) is 5.82 Å². The number of nitrogens with two attached hydrogens (primary N) is 1. The Balaban J connectivity index is 1.90. The summed E-state index contributed by atoms with van der Waals surface area (Å²) >= 11 is 7.36. The third-order valence-corrected chi connectivity index (χ3v) is 4.43. The second kappa shape index (κ2) is 6.89. The van der Waals surface area contributed by atoms with Crippen molar-refractivity contribution >= 4 is 29.2 Å². The van der Waals surface area contributed by atoms with E-state index in [1.54, 1.807) is 13.3 Å². The van der Waals surface area contributed by atoms with Gasteiger partial charge in [0.25, 0.3) is 0 Å². The predicted octanol–water partition coefficient (Wildman–Crippen LogP) is 4.54. The molecule has 3 rings (SSSR count). The lowest BCUT2D eigenvalue weighted by atomic mass is 10.1. The lowest BCUT2D eigenvalue weighted by Crippen LogP contribution is -1.97. The number of benzene rings is 2. The molecule has 0 amide bonds. The number of nitrogens with zero attached hydrogens (tertiary/aromatic N) is 2. The summed E-state index contributed by atoms with van der Waals surface area (Å²) < 4.78 is 5.17. The molecule has 23 heavy (non-hydrogen) atoms. The fourth-order valence-corrected chi connectivity index (χ4v) is 2.89. The summed E-state index contributed by atoms with van der Waals surface area (Å²) in [5.41, 5.74) is 7.67. The minimum absolute atomic E-state index is 0.405. The van der Waals surface area contributed by atoms with E-state index < -0.39 is 0 Å². The first-order valence-corrected chi connectivity index (χ1v) is 8.05. The minimum atomic E-state index is 0.405. The molecule has 0 aliphatic heterocycles. The van der Waals surface area contributed by atoms with Gasteiger partial charge in [-0.2, -0.15) is 0 Å². The van der Waals surface area contributed by atoms with Crippen LogP contribution in [0.2, 0.25) is 5.02 Å². The van der Waals surface area contributed by atoms with E-state index in [0.29, 0.717) is 15.9 Å². The quantitative estimate of drug-likeness (QED) is 0.753. The molecule has 0 radical (unpaired) electrons. The van der Waals surface area contributed by atoms with Crippen molar-refractivity contribution in [1.29, 1.82) is 0 Å². The van der Waals surface area contributed by atoms with Crippen molar-refractivity contribution in [1.82, 2.24) is 9.97 Å². The predicted molar refractivity (Wildman–Crippen MR) is 94.0 cm³/mol. The number of anilines is 1. The first-order valence-electron chi connectivity index (χ1n) is 6.86. The van der Waals surface area contributed by atoms with Crippen molar-refractivity contribution in [2.45, 2.75) is 9.92 Å². The highest BCUT2D eigenvalue weighted by molar-refractivity contribution is 7.99. The Morgan fingerprint density at radius 3 is 2.39 bits per heavy atom. The average Bonchev–Trinajstić information content (AvgIpc) is 2.59. The fraction of sp³-hybridized carbons (Fsp3) is 0.0588. The number of halogens is 1. The molecule has 2 aromatic carbocycles. The molecule has 1 aromatic heterocycles. The van der Waals surface area contributed by atoms with Crippen LogP contribution in [0.1, 0.15) is 0 Å². The van der Waals surface area contributed by atoms with Crippen LogP contribution in [-0.2, 0) is 0 Å². The van der Waals surface area contributed by atoms with Crippen molar-refractivity contribution in [3.05, 3.63) is 59.8 Å². The highest BCUT2D eigenvalue weighted by Crippen LogP contribution is 2.32. The Hall–Kier alpha value is -2.24. The van der Waals surface area contributed by atoms with E-state index in [1.165, 1.54) is 11.8 Å². The van der Waals surface area contributed by atoms with E-state index in [2.05, 4.69) is 9.97 Å². The van der Waals surface area contributed by atoms with E-state index in [-0.39, 0.29) is 0 Å². The summed E-state index contributed by atoms with van der Waals surface area (Å²) in [6.45, 7) is 0. The van der Waals surface area contributed by atoms with Crippen LogP contribution in [-0.4, -0.2) is 17.1 Å². The zero-order valence-electron chi connectivity index (χ0n) is 12.4. The van der Waals surface area contributed by atoms with Crippen LogP contribution >= 0.6 is 23.4 Å². The highest BCUT2D eigenvalue weighted by atomic mass is 35.5. The van der Waals surface area contributed by atoms with Crippen LogP contribution in [0.15, 0.2) is 64.6 Å². The molecule has 2 N–H and O–H groups in total. The van der Waals surface area contributed by atoms with Crippen molar-refractivity contribution in [3.8, 4) is 17.0 Å². The SMILES string of the molecule is COc1ccc(-c2cnc(N)c(Sc3ccc(Cl)cc3)n2)cc1. The number of nitrogen functional groups attached to an aromatic ring is 1. The molecule has 3 aromatic rings. The molecule has 0 bridgehead atoms. The Morgan fingerprint density at radius 1 is 1.04 bits per heavy atom. The van der Waals surface area contributed by atoms with E-state index in [9.17, 15) is 0 Å². The lowest BCUT2D eigenvalue weighted by molar-refractivity contribution is 0.415. The maximum atomic E-state index is 5.95. The van der Waals surface area contributed by atoms with Crippen molar-refractivity contribution in [2.75, 3.05) is 12.8 Å². The van der Waals surface area contributed by atoms with Crippen LogP contribution < -0.4 is 10.5 Å². The second-order valence-corrected chi connectivity index (χ2v) is 6.23. The Bertz CT molecular complexity index is 807. The third kappa shape index (κ3) is 3.75. The fourth-order valence-electron chi connectivity index (χ4n) is 1.97. The monoisotopic (exact) mass is 343 g/mol. The zero-order chi connectivity index (χ0) is 16.2. The largest absolute Gasteiger partial charge is 0.497 e. The summed E-state index contributed by atoms with van der Waals surface area (Å²) in [6, 6.07) is 15.2. The standard InChI is InChI=1S/C17H14ClN3OS/c1-22-13-6-2-11(3-7-13)15-10-20-16(19)17(21-15)23-14-8-4-12(18)5-9-14/h2-10H,1H3,(H2,19,20). The number of ether oxygens (including phenoxy) is 1. The van der Waals surface area contributed by atoms with Crippen molar-refractivity contribution in [3.63, 3.8) is 0 Å². The van der Waals surface area contributed by atoms with E-state index >= 15 is 0 Å². The van der Waals surface area contributed by atoms with Gasteiger partial charge in [0, 0.05) is 15.5 Å². The maximum Gasteiger partial charge on any atom is 0.156 e. The van der Waals surface area contributed by atoms with Gasteiger partial charge in [0.2, 0.25) is 0 Å². The minimum Gasteiger partial charge on any atom is -0.497 e. The number of hydrogen-bond acceptors (Lipinski definition) is 5. The summed E-state index contributed by atoms with van der Waals surface area (Å²) in [4.78, 5) is 9.87. The Morgan fingerprint density at radius 2 is 1.74 bits per heavy atom. The third-order valence-electron chi connectivity index (χ3n) is 3.18. The molecule has 1 heterocycles. The van der Waals surface area contributed by atoms with Crippen LogP contribution in [0.5, 0.6) is 5.75 Å². The topological polar surface area (TPSA) is 61.0 Å². The van der Waals surface area contributed by atoms with Gasteiger partial charge in [0.15, 0.2) is 5.82 Å².